The average molecular weight is 414 g/mol. The molecule has 1 spiro atoms. The summed E-state index contributed by atoms with van der Waals surface area (Å²) in [4.78, 5) is 2.41. The Bertz CT molecular complexity index is 1250. The molecule has 1 heteroatoms. The molecular formula is C31H27N. The second-order valence-corrected chi connectivity index (χ2v) is 9.83. The topological polar surface area (TPSA) is 3.24 Å². The molecule has 0 saturated heterocycles. The molecular weight excluding hydrogens is 386 g/mol. The number of fused-ring (bicyclic) bond motifs is 8. The number of rotatable bonds is 3. The molecule has 156 valence electrons. The Hall–Kier alpha value is -3.32. The Balaban J connectivity index is 1.45. The van der Waals surface area contributed by atoms with E-state index in [4.69, 9.17) is 0 Å². The molecule has 0 amide bonds. The van der Waals surface area contributed by atoms with Crippen LogP contribution in [0.4, 0.5) is 17.1 Å². The van der Waals surface area contributed by atoms with Crippen LogP contribution in [0, 0.1) is 11.8 Å². The Morgan fingerprint density at radius 3 is 1.91 bits per heavy atom. The van der Waals surface area contributed by atoms with Crippen molar-refractivity contribution in [1.29, 1.82) is 0 Å². The van der Waals surface area contributed by atoms with Crippen LogP contribution in [0.3, 0.4) is 0 Å². The van der Waals surface area contributed by atoms with Crippen LogP contribution >= 0.6 is 0 Å². The van der Waals surface area contributed by atoms with Gasteiger partial charge in [-0.15, -0.1) is 0 Å². The third-order valence-corrected chi connectivity index (χ3v) is 8.32. The van der Waals surface area contributed by atoms with Crippen molar-refractivity contribution in [3.8, 4) is 11.1 Å². The van der Waals surface area contributed by atoms with Crippen LogP contribution in [-0.2, 0) is 5.41 Å². The van der Waals surface area contributed by atoms with Gasteiger partial charge in [0.2, 0.25) is 0 Å². The van der Waals surface area contributed by atoms with E-state index < -0.39 is 0 Å². The van der Waals surface area contributed by atoms with Crippen molar-refractivity contribution in [3.63, 3.8) is 0 Å². The predicted molar refractivity (Wildman–Crippen MR) is 133 cm³/mol. The number of benzene rings is 4. The molecule has 3 unspecified atom stereocenters. The summed E-state index contributed by atoms with van der Waals surface area (Å²) < 4.78 is 0. The highest BCUT2D eigenvalue weighted by atomic mass is 15.1. The lowest BCUT2D eigenvalue weighted by atomic mass is 9.67. The molecule has 3 atom stereocenters. The van der Waals surface area contributed by atoms with Crippen LogP contribution in [0.5, 0.6) is 0 Å². The molecule has 2 saturated carbocycles. The van der Waals surface area contributed by atoms with E-state index in [0.717, 1.165) is 11.8 Å². The van der Waals surface area contributed by atoms with E-state index >= 15 is 0 Å². The molecule has 0 heterocycles. The fourth-order valence-corrected chi connectivity index (χ4v) is 7.12. The van der Waals surface area contributed by atoms with Gasteiger partial charge in [-0.2, -0.15) is 0 Å². The van der Waals surface area contributed by atoms with Crippen LogP contribution in [0.15, 0.2) is 103 Å². The fourth-order valence-electron chi connectivity index (χ4n) is 7.12. The molecule has 2 bridgehead atoms. The van der Waals surface area contributed by atoms with E-state index in [0.29, 0.717) is 0 Å². The lowest BCUT2D eigenvalue weighted by Crippen LogP contribution is -2.31. The molecule has 7 rings (SSSR count). The van der Waals surface area contributed by atoms with E-state index in [2.05, 4.69) is 108 Å². The van der Waals surface area contributed by atoms with E-state index in [1.807, 2.05) is 0 Å². The molecule has 0 radical (unpaired) electrons. The monoisotopic (exact) mass is 413 g/mol. The van der Waals surface area contributed by atoms with Crippen molar-refractivity contribution in [2.75, 3.05) is 4.90 Å². The Kier molecular flexibility index (Phi) is 3.90. The first-order valence-corrected chi connectivity index (χ1v) is 12.0. The SMILES string of the molecule is c1ccc(N(c2ccccc2)c2ccc3c(c2)C2(CC4CCC2C4)c2ccccc2-3)cc1. The Morgan fingerprint density at radius 2 is 1.25 bits per heavy atom. The van der Waals surface area contributed by atoms with Gasteiger partial charge in [0, 0.05) is 22.5 Å². The van der Waals surface area contributed by atoms with E-state index in [1.165, 1.54) is 53.9 Å². The van der Waals surface area contributed by atoms with Gasteiger partial charge in [0.25, 0.3) is 0 Å². The minimum absolute atomic E-state index is 0.212. The summed E-state index contributed by atoms with van der Waals surface area (Å²) >= 11 is 0. The van der Waals surface area contributed by atoms with Crippen molar-refractivity contribution in [3.05, 3.63) is 114 Å². The van der Waals surface area contributed by atoms with Crippen LogP contribution in [0.1, 0.15) is 36.8 Å². The fraction of sp³-hybridized carbons (Fsp3) is 0.226. The zero-order valence-electron chi connectivity index (χ0n) is 18.2. The first-order valence-electron chi connectivity index (χ1n) is 12.0. The Morgan fingerprint density at radius 1 is 0.594 bits per heavy atom. The third-order valence-electron chi connectivity index (χ3n) is 8.32. The molecule has 2 fully saturated rings. The van der Waals surface area contributed by atoms with Crippen LogP contribution < -0.4 is 4.90 Å². The molecule has 0 N–H and O–H groups in total. The maximum atomic E-state index is 2.52. The quantitative estimate of drug-likeness (QED) is 0.327. The van der Waals surface area contributed by atoms with Crippen molar-refractivity contribution >= 4 is 17.1 Å². The zero-order valence-corrected chi connectivity index (χ0v) is 18.2. The highest BCUT2D eigenvalue weighted by Gasteiger charge is 2.56. The molecule has 4 aromatic carbocycles. The molecule has 0 aromatic heterocycles. The second-order valence-electron chi connectivity index (χ2n) is 9.83. The summed E-state index contributed by atoms with van der Waals surface area (Å²) in [5.41, 5.74) is 9.96. The second kappa shape index (κ2) is 6.84. The largest absolute Gasteiger partial charge is 0.310 e. The summed E-state index contributed by atoms with van der Waals surface area (Å²) in [5.74, 6) is 1.68. The number of nitrogens with zero attached hydrogens (tertiary/aromatic N) is 1. The van der Waals surface area contributed by atoms with Crippen molar-refractivity contribution in [1.82, 2.24) is 0 Å². The highest BCUT2D eigenvalue weighted by molar-refractivity contribution is 5.86. The van der Waals surface area contributed by atoms with Gasteiger partial charge < -0.3 is 4.90 Å². The van der Waals surface area contributed by atoms with E-state index in [9.17, 15) is 0 Å². The predicted octanol–water partition coefficient (Wildman–Crippen LogP) is 8.24. The van der Waals surface area contributed by atoms with Crippen LogP contribution in [0.25, 0.3) is 11.1 Å². The number of para-hydroxylation sites is 2. The molecule has 1 nitrogen and oxygen atoms in total. The van der Waals surface area contributed by atoms with Gasteiger partial charge >= 0.3 is 0 Å². The van der Waals surface area contributed by atoms with Gasteiger partial charge in [-0.05, 0) is 89.8 Å². The minimum Gasteiger partial charge on any atom is -0.310 e. The lowest BCUT2D eigenvalue weighted by molar-refractivity contribution is 0.327. The summed E-state index contributed by atoms with van der Waals surface area (Å²) in [6, 6.07) is 38.0. The zero-order chi connectivity index (χ0) is 21.1. The van der Waals surface area contributed by atoms with Gasteiger partial charge in [-0.25, -0.2) is 0 Å². The van der Waals surface area contributed by atoms with E-state index in [1.54, 1.807) is 11.1 Å². The van der Waals surface area contributed by atoms with Crippen molar-refractivity contribution in [2.24, 2.45) is 11.8 Å². The Labute approximate surface area is 190 Å². The molecule has 0 aliphatic heterocycles. The maximum absolute atomic E-state index is 2.52. The molecule has 4 aromatic rings. The summed E-state index contributed by atoms with van der Waals surface area (Å²) in [7, 11) is 0. The smallest absolute Gasteiger partial charge is 0.0465 e. The highest BCUT2D eigenvalue weighted by Crippen LogP contribution is 2.66. The van der Waals surface area contributed by atoms with Gasteiger partial charge in [0.05, 0.1) is 0 Å². The molecule has 3 aliphatic carbocycles. The first kappa shape index (κ1) is 18.3. The van der Waals surface area contributed by atoms with Gasteiger partial charge in [-0.1, -0.05) is 73.2 Å². The first-order chi connectivity index (χ1) is 15.8. The van der Waals surface area contributed by atoms with Gasteiger partial charge in [-0.3, -0.25) is 0 Å². The number of anilines is 3. The van der Waals surface area contributed by atoms with Crippen molar-refractivity contribution in [2.45, 2.75) is 31.1 Å². The minimum atomic E-state index is 0.212. The summed E-state index contributed by atoms with van der Waals surface area (Å²) in [5, 5.41) is 0. The standard InChI is InChI=1S/C31H27N/c1-3-9-24(10-4-1)32(25-11-5-2-6-12-25)26-17-18-28-27-13-7-8-14-29(27)31(30(28)20-26)21-22-15-16-23(31)19-22/h1-14,17-18,20,22-23H,15-16,19,21H2. The van der Waals surface area contributed by atoms with Crippen molar-refractivity contribution < 1.29 is 0 Å². The lowest BCUT2D eigenvalue weighted by Gasteiger charge is -2.37. The summed E-state index contributed by atoms with van der Waals surface area (Å²) in [6.07, 6.45) is 5.52. The van der Waals surface area contributed by atoms with E-state index in [-0.39, 0.29) is 5.41 Å². The van der Waals surface area contributed by atoms with Gasteiger partial charge in [0.1, 0.15) is 0 Å². The number of hydrogen-bond donors (Lipinski definition) is 0. The van der Waals surface area contributed by atoms with Crippen LogP contribution in [0.2, 0.25) is 0 Å². The average Bonchev–Trinajstić information content (AvgIpc) is 3.54. The third kappa shape index (κ3) is 2.45. The molecule has 32 heavy (non-hydrogen) atoms. The van der Waals surface area contributed by atoms with Crippen LogP contribution in [-0.4, -0.2) is 0 Å². The molecule has 3 aliphatic rings. The number of hydrogen-bond acceptors (Lipinski definition) is 1. The summed E-state index contributed by atoms with van der Waals surface area (Å²) in [6.45, 7) is 0. The maximum Gasteiger partial charge on any atom is 0.0465 e. The van der Waals surface area contributed by atoms with Gasteiger partial charge in [0.15, 0.2) is 0 Å². The normalized spacial score (nSPS) is 24.5.